The molecule has 9 heteroatoms. The number of primary amides is 1. The highest BCUT2D eigenvalue weighted by molar-refractivity contribution is 6.30. The van der Waals surface area contributed by atoms with Crippen LogP contribution < -0.4 is 16.6 Å². The maximum absolute atomic E-state index is 11.7. The van der Waals surface area contributed by atoms with Crippen molar-refractivity contribution in [3.05, 3.63) is 33.7 Å². The Hall–Kier alpha value is -2.35. The van der Waals surface area contributed by atoms with E-state index in [9.17, 15) is 19.2 Å². The molecule has 0 radical (unpaired) electrons. The molecule has 0 saturated carbocycles. The summed E-state index contributed by atoms with van der Waals surface area (Å²) < 4.78 is 1.44. The molecule has 1 aromatic rings. The third-order valence-electron chi connectivity index (χ3n) is 3.04. The Morgan fingerprint density at radius 2 is 2.00 bits per heavy atom. The highest BCUT2D eigenvalue weighted by Gasteiger charge is 2.21. The van der Waals surface area contributed by atoms with Gasteiger partial charge in [0.2, 0.25) is 11.8 Å². The van der Waals surface area contributed by atoms with Crippen LogP contribution in [0.4, 0.5) is 0 Å². The SMILES string of the molecule is NC(=O)CC(NC(=O)CCCCn1cc(Cl)ccc1=O)C(=O)O. The smallest absolute Gasteiger partial charge is 0.326 e. The summed E-state index contributed by atoms with van der Waals surface area (Å²) in [4.78, 5) is 44.8. The van der Waals surface area contributed by atoms with Crippen molar-refractivity contribution in [3.63, 3.8) is 0 Å². The molecule has 1 heterocycles. The van der Waals surface area contributed by atoms with Crippen LogP contribution in [0.2, 0.25) is 5.02 Å². The topological polar surface area (TPSA) is 131 Å². The molecule has 126 valence electrons. The monoisotopic (exact) mass is 343 g/mol. The minimum atomic E-state index is -1.32. The van der Waals surface area contributed by atoms with E-state index in [1.54, 1.807) is 0 Å². The highest BCUT2D eigenvalue weighted by atomic mass is 35.5. The standard InChI is InChI=1S/C14H18ClN3O5/c15-9-4-5-13(21)18(8-9)6-2-1-3-12(20)17-10(14(22)23)7-11(16)19/h4-5,8,10H,1-3,6-7H2,(H2,16,19)(H,17,20)(H,22,23). The number of carboxylic acids is 1. The third-order valence-corrected chi connectivity index (χ3v) is 3.26. The molecule has 0 saturated heterocycles. The molecule has 0 spiro atoms. The van der Waals surface area contributed by atoms with E-state index in [2.05, 4.69) is 5.32 Å². The van der Waals surface area contributed by atoms with Crippen LogP contribution in [0.5, 0.6) is 0 Å². The molecule has 1 unspecified atom stereocenters. The second-order valence-electron chi connectivity index (χ2n) is 4.96. The molecule has 8 nitrogen and oxygen atoms in total. The van der Waals surface area contributed by atoms with Gasteiger partial charge in [0.15, 0.2) is 0 Å². The van der Waals surface area contributed by atoms with Gasteiger partial charge in [-0.15, -0.1) is 0 Å². The number of aromatic nitrogens is 1. The number of nitrogens with one attached hydrogen (secondary N) is 1. The number of hydrogen-bond donors (Lipinski definition) is 3. The number of halogens is 1. The molecule has 4 N–H and O–H groups in total. The molecule has 0 aliphatic heterocycles. The average molecular weight is 344 g/mol. The van der Waals surface area contributed by atoms with Crippen molar-refractivity contribution in [2.24, 2.45) is 5.73 Å². The lowest BCUT2D eigenvalue weighted by Crippen LogP contribution is -2.43. The Bertz CT molecular complexity index is 644. The van der Waals surface area contributed by atoms with Gasteiger partial charge in [0, 0.05) is 25.2 Å². The van der Waals surface area contributed by atoms with Gasteiger partial charge >= 0.3 is 5.97 Å². The van der Waals surface area contributed by atoms with Crippen LogP contribution in [-0.4, -0.2) is 33.5 Å². The minimum Gasteiger partial charge on any atom is -0.480 e. The Morgan fingerprint density at radius 1 is 1.30 bits per heavy atom. The van der Waals surface area contributed by atoms with Crippen LogP contribution in [0, 0.1) is 0 Å². The van der Waals surface area contributed by atoms with Gasteiger partial charge in [-0.05, 0) is 18.9 Å². The summed E-state index contributed by atoms with van der Waals surface area (Å²) in [5.74, 6) is -2.61. The van der Waals surface area contributed by atoms with Crippen LogP contribution in [0.3, 0.4) is 0 Å². The number of pyridine rings is 1. The molecule has 0 fully saturated rings. The lowest BCUT2D eigenvalue weighted by Gasteiger charge is -2.12. The van der Waals surface area contributed by atoms with Crippen LogP contribution in [0.1, 0.15) is 25.7 Å². The maximum atomic E-state index is 11.7. The summed E-state index contributed by atoms with van der Waals surface area (Å²) >= 11 is 5.79. The first-order chi connectivity index (χ1) is 10.8. The first-order valence-corrected chi connectivity index (χ1v) is 7.34. The van der Waals surface area contributed by atoms with Gasteiger partial charge in [-0.1, -0.05) is 11.6 Å². The van der Waals surface area contributed by atoms with Gasteiger partial charge < -0.3 is 20.7 Å². The zero-order chi connectivity index (χ0) is 17.4. The lowest BCUT2D eigenvalue weighted by molar-refractivity contribution is -0.143. The minimum absolute atomic E-state index is 0.0812. The van der Waals surface area contributed by atoms with Crippen LogP contribution in [-0.2, 0) is 20.9 Å². The summed E-state index contributed by atoms with van der Waals surface area (Å²) in [7, 11) is 0. The number of amides is 2. The van der Waals surface area contributed by atoms with Gasteiger partial charge in [0.25, 0.3) is 5.56 Å². The van der Waals surface area contributed by atoms with Crippen molar-refractivity contribution in [2.45, 2.75) is 38.3 Å². The third kappa shape index (κ3) is 6.96. The van der Waals surface area contributed by atoms with E-state index in [-0.39, 0.29) is 12.0 Å². The average Bonchev–Trinajstić information content (AvgIpc) is 2.45. The number of aryl methyl sites for hydroxylation is 1. The first-order valence-electron chi connectivity index (χ1n) is 6.96. The van der Waals surface area contributed by atoms with Crippen molar-refractivity contribution in [2.75, 3.05) is 0 Å². The molecule has 2 amide bonds. The Balaban J connectivity index is 2.38. The first kappa shape index (κ1) is 18.7. The highest BCUT2D eigenvalue weighted by Crippen LogP contribution is 2.05. The number of carbonyl (C=O) groups is 3. The van der Waals surface area contributed by atoms with Gasteiger partial charge in [-0.25, -0.2) is 4.79 Å². The van der Waals surface area contributed by atoms with Gasteiger partial charge in [0.05, 0.1) is 11.4 Å². The van der Waals surface area contributed by atoms with E-state index in [1.807, 2.05) is 0 Å². The molecule has 23 heavy (non-hydrogen) atoms. The quantitative estimate of drug-likeness (QED) is 0.548. The molecule has 1 aromatic heterocycles. The van der Waals surface area contributed by atoms with E-state index < -0.39 is 30.2 Å². The number of carbonyl (C=O) groups excluding carboxylic acids is 2. The van der Waals surface area contributed by atoms with Crippen molar-refractivity contribution in [3.8, 4) is 0 Å². The fourth-order valence-corrected chi connectivity index (χ4v) is 2.09. The number of rotatable bonds is 9. The molecule has 0 aliphatic rings. The number of nitrogens with zero attached hydrogens (tertiary/aromatic N) is 1. The summed E-state index contributed by atoms with van der Waals surface area (Å²) in [6, 6.07) is 1.53. The second-order valence-corrected chi connectivity index (χ2v) is 5.40. The van der Waals surface area contributed by atoms with E-state index >= 15 is 0 Å². The number of unbranched alkanes of at least 4 members (excludes halogenated alkanes) is 1. The molecule has 0 bridgehead atoms. The molecule has 1 atom stereocenters. The zero-order valence-electron chi connectivity index (χ0n) is 12.3. The fourth-order valence-electron chi connectivity index (χ4n) is 1.91. The predicted octanol–water partition coefficient (Wildman–Crippen LogP) is 0.117. The predicted molar refractivity (Wildman–Crippen MR) is 82.9 cm³/mol. The fraction of sp³-hybridized carbons (Fsp3) is 0.429. The van der Waals surface area contributed by atoms with Crippen molar-refractivity contribution >= 4 is 29.4 Å². The maximum Gasteiger partial charge on any atom is 0.326 e. The summed E-state index contributed by atoms with van der Waals surface area (Å²) in [6.07, 6.45) is 2.13. The molecular weight excluding hydrogens is 326 g/mol. The Kier molecular flexibility index (Phi) is 7.27. The van der Waals surface area contributed by atoms with Crippen LogP contribution in [0.25, 0.3) is 0 Å². The van der Waals surface area contributed by atoms with Gasteiger partial charge in [-0.2, -0.15) is 0 Å². The molecule has 0 aliphatic carbocycles. The van der Waals surface area contributed by atoms with Crippen molar-refractivity contribution in [1.82, 2.24) is 9.88 Å². The van der Waals surface area contributed by atoms with Crippen LogP contribution in [0.15, 0.2) is 23.1 Å². The Labute approximate surface area is 137 Å². The van der Waals surface area contributed by atoms with E-state index in [0.717, 1.165) is 0 Å². The van der Waals surface area contributed by atoms with E-state index in [0.29, 0.717) is 24.4 Å². The van der Waals surface area contributed by atoms with Crippen molar-refractivity contribution in [1.29, 1.82) is 0 Å². The van der Waals surface area contributed by atoms with Gasteiger partial charge in [0.1, 0.15) is 6.04 Å². The Morgan fingerprint density at radius 3 is 2.61 bits per heavy atom. The van der Waals surface area contributed by atoms with E-state index in [4.69, 9.17) is 22.4 Å². The zero-order valence-corrected chi connectivity index (χ0v) is 13.1. The molecule has 0 aromatic carbocycles. The van der Waals surface area contributed by atoms with E-state index in [1.165, 1.54) is 22.9 Å². The lowest BCUT2D eigenvalue weighted by atomic mass is 10.1. The summed E-state index contributed by atoms with van der Waals surface area (Å²) in [5, 5.41) is 11.6. The number of hydrogen-bond acceptors (Lipinski definition) is 4. The van der Waals surface area contributed by atoms with Crippen molar-refractivity contribution < 1.29 is 19.5 Å². The largest absolute Gasteiger partial charge is 0.480 e. The normalized spacial score (nSPS) is 11.7. The van der Waals surface area contributed by atoms with Gasteiger partial charge in [-0.3, -0.25) is 14.4 Å². The molecular formula is C14H18ClN3O5. The number of nitrogens with two attached hydrogens (primary N) is 1. The second kappa shape index (κ2) is 8.94. The number of carboxylic acid groups (broad SMARTS) is 1. The number of aliphatic carboxylic acids is 1. The summed E-state index contributed by atoms with van der Waals surface area (Å²) in [5.41, 5.74) is 4.73. The summed E-state index contributed by atoms with van der Waals surface area (Å²) in [6.45, 7) is 0.399. The van der Waals surface area contributed by atoms with Crippen LogP contribution >= 0.6 is 11.6 Å². The molecule has 1 rings (SSSR count).